The molecule has 4 nitrogen and oxygen atoms in total. The van der Waals surface area contributed by atoms with Crippen LogP contribution in [0.4, 0.5) is 0 Å². The van der Waals surface area contributed by atoms with Gasteiger partial charge in [0.25, 0.3) is 0 Å². The van der Waals surface area contributed by atoms with Gasteiger partial charge in [-0.25, -0.2) is 4.98 Å². The standard InChI is InChI=1S/C15H21N3OS2.2ClH/c1-3-15(4-2,10-16)18-13(19)8-11-9-21-14(17-11)12-6-5-7-20-12;;/h5-7,9H,3-4,8,10,16H2,1-2H3,(H,18,19);2*1H. The van der Waals surface area contributed by atoms with Gasteiger partial charge in [-0.1, -0.05) is 19.9 Å². The smallest absolute Gasteiger partial charge is 0.226 e. The first-order chi connectivity index (χ1) is 10.1. The Balaban J connectivity index is 0.00000242. The fourth-order valence-electron chi connectivity index (χ4n) is 2.17. The maximum atomic E-state index is 12.2. The van der Waals surface area contributed by atoms with Gasteiger partial charge in [0.15, 0.2) is 0 Å². The Labute approximate surface area is 157 Å². The van der Waals surface area contributed by atoms with Crippen molar-refractivity contribution in [2.75, 3.05) is 6.54 Å². The molecule has 0 unspecified atom stereocenters. The van der Waals surface area contributed by atoms with E-state index in [9.17, 15) is 4.79 Å². The zero-order valence-electron chi connectivity index (χ0n) is 13.2. The number of rotatable bonds is 7. The molecule has 0 fully saturated rings. The lowest BCUT2D eigenvalue weighted by molar-refractivity contribution is -0.122. The normalized spacial score (nSPS) is 10.6. The van der Waals surface area contributed by atoms with Crippen molar-refractivity contribution in [3.8, 4) is 9.88 Å². The molecule has 2 aromatic rings. The molecular weight excluding hydrogens is 373 g/mol. The highest BCUT2D eigenvalue weighted by Crippen LogP contribution is 2.28. The zero-order valence-corrected chi connectivity index (χ0v) is 16.5. The van der Waals surface area contributed by atoms with Crippen molar-refractivity contribution in [1.82, 2.24) is 10.3 Å². The van der Waals surface area contributed by atoms with Crippen LogP contribution in [-0.2, 0) is 11.2 Å². The van der Waals surface area contributed by atoms with E-state index in [1.165, 1.54) is 0 Å². The lowest BCUT2D eigenvalue weighted by Gasteiger charge is -2.31. The van der Waals surface area contributed by atoms with Crippen LogP contribution in [0.5, 0.6) is 0 Å². The maximum Gasteiger partial charge on any atom is 0.226 e. The second kappa shape index (κ2) is 10.3. The topological polar surface area (TPSA) is 68.0 Å². The van der Waals surface area contributed by atoms with Crippen molar-refractivity contribution < 1.29 is 4.79 Å². The van der Waals surface area contributed by atoms with Gasteiger partial charge in [0.1, 0.15) is 5.01 Å². The van der Waals surface area contributed by atoms with Gasteiger partial charge in [-0.2, -0.15) is 0 Å². The molecule has 0 radical (unpaired) electrons. The third-order valence-electron chi connectivity index (χ3n) is 3.77. The number of carbonyl (C=O) groups is 1. The van der Waals surface area contributed by atoms with E-state index in [-0.39, 0.29) is 36.3 Å². The van der Waals surface area contributed by atoms with Crippen LogP contribution in [0.15, 0.2) is 22.9 Å². The molecule has 0 saturated heterocycles. The highest BCUT2D eigenvalue weighted by molar-refractivity contribution is 7.20. The second-order valence-corrected chi connectivity index (χ2v) is 6.84. The average Bonchev–Trinajstić information content (AvgIpc) is 3.15. The number of thiazole rings is 1. The third kappa shape index (κ3) is 5.72. The number of nitrogens with two attached hydrogens (primary N) is 1. The molecular formula is C15H23Cl2N3OS2. The van der Waals surface area contributed by atoms with Gasteiger partial charge in [0.2, 0.25) is 5.91 Å². The molecule has 0 aliphatic carbocycles. The summed E-state index contributed by atoms with van der Waals surface area (Å²) in [5.41, 5.74) is 6.34. The van der Waals surface area contributed by atoms with Gasteiger partial charge in [0, 0.05) is 11.9 Å². The first kappa shape index (κ1) is 22.3. The van der Waals surface area contributed by atoms with Crippen LogP contribution in [0.3, 0.4) is 0 Å². The summed E-state index contributed by atoms with van der Waals surface area (Å²) in [6.07, 6.45) is 1.98. The van der Waals surface area contributed by atoms with Gasteiger partial charge in [0.05, 0.1) is 22.5 Å². The Kier molecular flexibility index (Phi) is 9.96. The largest absolute Gasteiger partial charge is 0.349 e. The molecule has 0 aliphatic heterocycles. The van der Waals surface area contributed by atoms with Crippen molar-refractivity contribution in [2.45, 2.75) is 38.6 Å². The summed E-state index contributed by atoms with van der Waals surface area (Å²) in [5.74, 6) is -0.00724. The lowest BCUT2D eigenvalue weighted by atomic mass is 9.92. The van der Waals surface area contributed by atoms with Crippen LogP contribution >= 0.6 is 47.5 Å². The monoisotopic (exact) mass is 395 g/mol. The number of aromatic nitrogens is 1. The molecule has 0 saturated carbocycles. The molecule has 3 N–H and O–H groups in total. The van der Waals surface area contributed by atoms with E-state index in [2.05, 4.69) is 10.3 Å². The van der Waals surface area contributed by atoms with E-state index < -0.39 is 0 Å². The fraction of sp³-hybridized carbons (Fsp3) is 0.467. The number of amides is 1. The van der Waals surface area contributed by atoms with Crippen LogP contribution < -0.4 is 11.1 Å². The third-order valence-corrected chi connectivity index (χ3v) is 5.70. The number of thiophene rings is 1. The van der Waals surface area contributed by atoms with Crippen LogP contribution in [0.25, 0.3) is 9.88 Å². The molecule has 0 aliphatic rings. The molecule has 23 heavy (non-hydrogen) atoms. The van der Waals surface area contributed by atoms with Gasteiger partial charge >= 0.3 is 0 Å². The first-order valence-corrected chi connectivity index (χ1v) is 8.87. The van der Waals surface area contributed by atoms with E-state index in [1.54, 1.807) is 22.7 Å². The minimum atomic E-state index is -0.288. The molecule has 130 valence electrons. The van der Waals surface area contributed by atoms with Crippen molar-refractivity contribution >= 4 is 53.4 Å². The summed E-state index contributed by atoms with van der Waals surface area (Å²) in [7, 11) is 0. The number of halogens is 2. The average molecular weight is 396 g/mol. The molecule has 2 heterocycles. The number of carbonyl (C=O) groups excluding carboxylic acids is 1. The summed E-state index contributed by atoms with van der Waals surface area (Å²) in [6.45, 7) is 4.56. The van der Waals surface area contributed by atoms with E-state index >= 15 is 0 Å². The highest BCUT2D eigenvalue weighted by Gasteiger charge is 2.26. The van der Waals surface area contributed by atoms with Crippen molar-refractivity contribution in [2.24, 2.45) is 5.73 Å². The second-order valence-electron chi connectivity index (χ2n) is 5.04. The van der Waals surface area contributed by atoms with E-state index in [0.717, 1.165) is 28.4 Å². The van der Waals surface area contributed by atoms with Gasteiger partial charge in [-0.05, 0) is 24.3 Å². The van der Waals surface area contributed by atoms with Crippen LogP contribution in [0.1, 0.15) is 32.4 Å². The summed E-state index contributed by atoms with van der Waals surface area (Å²) in [5, 5.41) is 8.04. The SMILES string of the molecule is CCC(CC)(CN)NC(=O)Cc1csc(-c2cccs2)n1.Cl.Cl. The minimum Gasteiger partial charge on any atom is -0.349 e. The molecule has 2 aromatic heterocycles. The zero-order chi connectivity index (χ0) is 15.3. The number of nitrogens with one attached hydrogen (secondary N) is 1. The quantitative estimate of drug-likeness (QED) is 0.746. The molecule has 8 heteroatoms. The summed E-state index contributed by atoms with van der Waals surface area (Å²) in [6, 6.07) is 4.05. The number of hydrogen-bond donors (Lipinski definition) is 2. The predicted molar refractivity (Wildman–Crippen MR) is 104 cm³/mol. The van der Waals surface area contributed by atoms with Crippen LogP contribution in [-0.4, -0.2) is 23.0 Å². The highest BCUT2D eigenvalue weighted by atomic mass is 35.5. The van der Waals surface area contributed by atoms with Gasteiger partial charge in [-0.3, -0.25) is 4.79 Å². The number of nitrogens with zero attached hydrogens (tertiary/aromatic N) is 1. The summed E-state index contributed by atoms with van der Waals surface area (Å²) in [4.78, 5) is 17.9. The number of hydrogen-bond acceptors (Lipinski definition) is 5. The molecule has 0 bridgehead atoms. The fourth-order valence-corrected chi connectivity index (χ4v) is 3.81. The van der Waals surface area contributed by atoms with Crippen LogP contribution in [0.2, 0.25) is 0 Å². The molecule has 2 rings (SSSR count). The van der Waals surface area contributed by atoms with Crippen molar-refractivity contribution in [3.63, 3.8) is 0 Å². The van der Waals surface area contributed by atoms with E-state index in [4.69, 9.17) is 5.73 Å². The van der Waals surface area contributed by atoms with Gasteiger partial charge in [-0.15, -0.1) is 47.5 Å². The Bertz CT molecular complexity index is 575. The minimum absolute atomic E-state index is 0. The Morgan fingerprint density at radius 3 is 2.52 bits per heavy atom. The van der Waals surface area contributed by atoms with E-state index in [0.29, 0.717) is 13.0 Å². The molecule has 1 amide bonds. The molecule has 0 atom stereocenters. The Morgan fingerprint density at radius 2 is 2.00 bits per heavy atom. The van der Waals surface area contributed by atoms with Crippen molar-refractivity contribution in [1.29, 1.82) is 0 Å². The Morgan fingerprint density at radius 1 is 1.30 bits per heavy atom. The molecule has 0 aromatic carbocycles. The van der Waals surface area contributed by atoms with Crippen molar-refractivity contribution in [3.05, 3.63) is 28.6 Å². The molecule has 0 spiro atoms. The van der Waals surface area contributed by atoms with Crippen LogP contribution in [0, 0.1) is 0 Å². The van der Waals surface area contributed by atoms with Gasteiger partial charge < -0.3 is 11.1 Å². The predicted octanol–water partition coefficient (Wildman–Crippen LogP) is 3.89. The lowest BCUT2D eigenvalue weighted by Crippen LogP contribution is -2.53. The maximum absolute atomic E-state index is 12.2. The summed E-state index contributed by atoms with van der Waals surface area (Å²) < 4.78 is 0. The Hall–Kier alpha value is -0.660. The summed E-state index contributed by atoms with van der Waals surface area (Å²) >= 11 is 3.24. The van der Waals surface area contributed by atoms with E-state index in [1.807, 2.05) is 36.7 Å². The first-order valence-electron chi connectivity index (χ1n) is 7.12.